The van der Waals surface area contributed by atoms with Crippen molar-refractivity contribution in [3.63, 3.8) is 0 Å². The van der Waals surface area contributed by atoms with E-state index in [1.54, 1.807) is 14.2 Å². The molecule has 2 heterocycles. The lowest BCUT2D eigenvalue weighted by Gasteiger charge is -2.07. The van der Waals surface area contributed by atoms with Crippen LogP contribution in [0.2, 0.25) is 0 Å². The van der Waals surface area contributed by atoms with Gasteiger partial charge in [-0.1, -0.05) is 0 Å². The first-order valence-corrected chi connectivity index (χ1v) is 6.92. The molecule has 5 heteroatoms. The van der Waals surface area contributed by atoms with Crippen LogP contribution in [-0.4, -0.2) is 19.2 Å². The van der Waals surface area contributed by atoms with E-state index in [1.165, 1.54) is 0 Å². The van der Waals surface area contributed by atoms with Crippen molar-refractivity contribution < 1.29 is 13.9 Å². The molecule has 0 aliphatic carbocycles. The second-order valence-electron chi connectivity index (χ2n) is 4.38. The number of aromatic amines is 1. The van der Waals surface area contributed by atoms with Crippen molar-refractivity contribution in [3.05, 3.63) is 47.2 Å². The van der Waals surface area contributed by atoms with Gasteiger partial charge in [-0.25, -0.2) is 9.38 Å². The number of rotatable bonds is 3. The Hall–Kier alpha value is -2.01. The zero-order valence-electron chi connectivity index (χ0n) is 11.2. The minimum atomic E-state index is 0.717. The van der Waals surface area contributed by atoms with Crippen LogP contribution in [0.4, 0.5) is 0 Å². The summed E-state index contributed by atoms with van der Waals surface area (Å²) in [6.07, 6.45) is 4.05. The van der Waals surface area contributed by atoms with E-state index in [0.717, 1.165) is 32.9 Å². The van der Waals surface area contributed by atoms with Crippen molar-refractivity contribution in [1.82, 2.24) is 4.98 Å². The van der Waals surface area contributed by atoms with Crippen LogP contribution in [0.1, 0.15) is 0 Å². The van der Waals surface area contributed by atoms with E-state index in [0.29, 0.717) is 0 Å². The van der Waals surface area contributed by atoms with Crippen LogP contribution in [-0.2, 0) is 0 Å². The van der Waals surface area contributed by atoms with Gasteiger partial charge in [0, 0.05) is 11.6 Å². The van der Waals surface area contributed by atoms with Crippen LogP contribution < -0.4 is 13.9 Å². The van der Waals surface area contributed by atoms with E-state index >= 15 is 0 Å². The quantitative estimate of drug-likeness (QED) is 0.747. The third-order valence-electron chi connectivity index (χ3n) is 3.17. The van der Waals surface area contributed by atoms with Crippen LogP contribution in [0, 0.1) is 0 Å². The van der Waals surface area contributed by atoms with Gasteiger partial charge < -0.3 is 9.47 Å². The molecule has 2 aromatic heterocycles. The fraction of sp³-hybridized carbons (Fsp3) is 0.133. The Morgan fingerprint density at radius 2 is 1.80 bits per heavy atom. The third-order valence-corrected chi connectivity index (χ3v) is 3.64. The number of imidazole rings is 1. The molecule has 0 amide bonds. The molecule has 20 heavy (non-hydrogen) atoms. The van der Waals surface area contributed by atoms with Gasteiger partial charge in [-0.2, -0.15) is 0 Å². The largest absolute Gasteiger partial charge is 0.493 e. The Morgan fingerprint density at radius 1 is 1.00 bits per heavy atom. The van der Waals surface area contributed by atoms with E-state index in [-0.39, 0.29) is 0 Å². The van der Waals surface area contributed by atoms with Gasteiger partial charge >= 0.3 is 0 Å². The first kappa shape index (κ1) is 13.0. The zero-order chi connectivity index (χ0) is 14.1. The molecule has 0 spiro atoms. The molecule has 1 aromatic carbocycles. The van der Waals surface area contributed by atoms with Crippen molar-refractivity contribution in [2.45, 2.75) is 0 Å². The zero-order valence-corrected chi connectivity index (χ0v) is 12.8. The molecule has 1 N–H and O–H groups in total. The van der Waals surface area contributed by atoms with Gasteiger partial charge in [0.1, 0.15) is 12.4 Å². The molecule has 0 saturated carbocycles. The Kier molecular flexibility index (Phi) is 3.36. The number of halogens is 1. The topological polar surface area (TPSA) is 38.3 Å². The highest BCUT2D eigenvalue weighted by Gasteiger charge is 2.13. The highest BCUT2D eigenvalue weighted by molar-refractivity contribution is 9.10. The van der Waals surface area contributed by atoms with E-state index in [1.807, 2.05) is 47.1 Å². The number of methoxy groups -OCH3 is 2. The predicted molar refractivity (Wildman–Crippen MR) is 80.2 cm³/mol. The van der Waals surface area contributed by atoms with E-state index in [4.69, 9.17) is 9.47 Å². The minimum absolute atomic E-state index is 0.717. The molecule has 0 fully saturated rings. The normalized spacial score (nSPS) is 10.8. The SMILES string of the molecule is COc1ccc(-c2c[n+]3cc(Br)ccc3[nH]2)cc1OC. The second kappa shape index (κ2) is 5.17. The Labute approximate surface area is 125 Å². The van der Waals surface area contributed by atoms with Gasteiger partial charge in [-0.15, -0.1) is 0 Å². The molecule has 0 unspecified atom stereocenters. The number of nitrogens with zero attached hydrogens (tertiary/aromatic N) is 1. The van der Waals surface area contributed by atoms with Gasteiger partial charge in [0.25, 0.3) is 5.65 Å². The predicted octanol–water partition coefficient (Wildman–Crippen LogP) is 3.20. The molecule has 0 saturated heterocycles. The van der Waals surface area contributed by atoms with Crippen molar-refractivity contribution in [2.24, 2.45) is 0 Å². The summed E-state index contributed by atoms with van der Waals surface area (Å²) < 4.78 is 13.7. The number of benzene rings is 1. The van der Waals surface area contributed by atoms with Crippen LogP contribution in [0.15, 0.2) is 47.2 Å². The van der Waals surface area contributed by atoms with Gasteiger partial charge in [0.05, 0.1) is 18.7 Å². The maximum atomic E-state index is 5.34. The number of aromatic nitrogens is 2. The van der Waals surface area contributed by atoms with E-state index in [2.05, 4.69) is 20.9 Å². The number of hydrogen-bond acceptors (Lipinski definition) is 2. The molecule has 0 aliphatic rings. The molecule has 0 atom stereocenters. The fourth-order valence-electron chi connectivity index (χ4n) is 2.16. The summed E-state index contributed by atoms with van der Waals surface area (Å²) >= 11 is 3.47. The van der Waals surface area contributed by atoms with Crippen molar-refractivity contribution >= 4 is 21.6 Å². The number of fused-ring (bicyclic) bond motifs is 1. The lowest BCUT2D eigenvalue weighted by atomic mass is 10.1. The molecule has 102 valence electrons. The molecule has 0 aliphatic heterocycles. The summed E-state index contributed by atoms with van der Waals surface area (Å²) in [5, 5.41) is 0. The fourth-order valence-corrected chi connectivity index (χ4v) is 2.52. The smallest absolute Gasteiger partial charge is 0.284 e. The van der Waals surface area contributed by atoms with Crippen LogP contribution in [0.5, 0.6) is 11.5 Å². The molecule has 3 aromatic rings. The summed E-state index contributed by atoms with van der Waals surface area (Å²) in [6, 6.07) is 9.89. The lowest BCUT2D eigenvalue weighted by Crippen LogP contribution is -2.16. The van der Waals surface area contributed by atoms with Crippen LogP contribution in [0.25, 0.3) is 16.9 Å². The highest BCUT2D eigenvalue weighted by Crippen LogP contribution is 2.31. The van der Waals surface area contributed by atoms with Gasteiger partial charge in [-0.05, 0) is 40.2 Å². The molecular formula is C15H14BrN2O2+. The van der Waals surface area contributed by atoms with Crippen LogP contribution in [0.3, 0.4) is 0 Å². The van der Waals surface area contributed by atoms with Crippen molar-refractivity contribution in [1.29, 1.82) is 0 Å². The Balaban J connectivity index is 2.10. The standard InChI is InChI=1S/C15H13BrN2O2/c1-19-13-5-3-10(7-14(13)20-2)12-9-18-8-11(16)4-6-15(18)17-12/h3-9H,1-2H3/p+1. The maximum Gasteiger partial charge on any atom is 0.284 e. The number of ether oxygens (including phenoxy) is 2. The number of H-pyrrole nitrogens is 1. The average Bonchev–Trinajstić information content (AvgIpc) is 2.89. The average molecular weight is 334 g/mol. The van der Waals surface area contributed by atoms with Gasteiger partial charge in [0.2, 0.25) is 0 Å². The first-order valence-electron chi connectivity index (χ1n) is 6.13. The number of pyridine rings is 1. The number of nitrogens with one attached hydrogen (secondary N) is 1. The van der Waals surface area contributed by atoms with E-state index < -0.39 is 0 Å². The summed E-state index contributed by atoms with van der Waals surface area (Å²) in [6.45, 7) is 0. The van der Waals surface area contributed by atoms with Gasteiger partial charge in [-0.3, -0.25) is 0 Å². The summed E-state index contributed by atoms with van der Waals surface area (Å²) in [5.74, 6) is 1.44. The maximum absolute atomic E-state index is 5.34. The second-order valence-corrected chi connectivity index (χ2v) is 5.29. The molecule has 4 nitrogen and oxygen atoms in total. The third kappa shape index (κ3) is 2.25. The monoisotopic (exact) mass is 333 g/mol. The van der Waals surface area contributed by atoms with Crippen LogP contribution >= 0.6 is 15.9 Å². The van der Waals surface area contributed by atoms with Crippen molar-refractivity contribution in [3.8, 4) is 22.8 Å². The summed E-state index contributed by atoms with van der Waals surface area (Å²) in [7, 11) is 3.27. The molecule has 0 radical (unpaired) electrons. The summed E-state index contributed by atoms with van der Waals surface area (Å²) in [5.41, 5.74) is 3.09. The Bertz CT molecular complexity index is 768. The van der Waals surface area contributed by atoms with E-state index in [9.17, 15) is 0 Å². The molecule has 3 rings (SSSR count). The molecule has 0 bridgehead atoms. The van der Waals surface area contributed by atoms with Gasteiger partial charge in [0.15, 0.2) is 17.2 Å². The van der Waals surface area contributed by atoms with Crippen molar-refractivity contribution in [2.75, 3.05) is 14.2 Å². The highest BCUT2D eigenvalue weighted by atomic mass is 79.9. The molecular weight excluding hydrogens is 320 g/mol. The number of hydrogen-bond donors (Lipinski definition) is 1. The summed E-state index contributed by atoms with van der Waals surface area (Å²) in [4.78, 5) is 3.37. The first-order chi connectivity index (χ1) is 9.71. The minimum Gasteiger partial charge on any atom is -0.493 e. The lowest BCUT2D eigenvalue weighted by molar-refractivity contribution is -0.510. The Morgan fingerprint density at radius 3 is 2.55 bits per heavy atom.